The van der Waals surface area contributed by atoms with E-state index in [4.69, 9.17) is 10.2 Å². The maximum atomic E-state index is 10.7. The van der Waals surface area contributed by atoms with Crippen molar-refractivity contribution in [2.24, 2.45) is 5.92 Å². The molecule has 5 nitrogen and oxygen atoms in total. The molecule has 0 aliphatic heterocycles. The van der Waals surface area contributed by atoms with E-state index in [9.17, 15) is 9.59 Å². The average Bonchev–Trinajstić information content (AvgIpc) is 2.15. The molecule has 0 heterocycles. The van der Waals surface area contributed by atoms with E-state index < -0.39 is 17.9 Å². The van der Waals surface area contributed by atoms with Gasteiger partial charge in [0, 0.05) is 6.04 Å². The Bertz CT molecular complexity index is 230. The van der Waals surface area contributed by atoms with Crippen LogP contribution in [-0.2, 0) is 9.59 Å². The van der Waals surface area contributed by atoms with Crippen LogP contribution in [0.3, 0.4) is 0 Å². The molecule has 0 amide bonds. The minimum Gasteiger partial charge on any atom is -1.00 e. The van der Waals surface area contributed by atoms with E-state index in [1.165, 1.54) is 0 Å². The standard InChI is InChI=1S/C10H19NO4.2Na.2H/c1-4-11(5-2)7(3)6-8(9(12)13)10(14)15;;;;/h7-8H,4-6H2,1-3H3,(H,12,13)(H,14,15);;;;/q;2*+1;2*-1. The van der Waals surface area contributed by atoms with Gasteiger partial charge in [-0.05, 0) is 26.4 Å². The molecule has 0 aliphatic rings. The predicted molar refractivity (Wildman–Crippen MR) is 58.0 cm³/mol. The molecule has 0 radical (unpaired) electrons. The maximum absolute atomic E-state index is 10.7. The Kier molecular flexibility index (Phi) is 16.2. The first-order chi connectivity index (χ1) is 6.93. The van der Waals surface area contributed by atoms with E-state index >= 15 is 0 Å². The van der Waals surface area contributed by atoms with Crippen molar-refractivity contribution in [2.45, 2.75) is 33.2 Å². The number of carboxylic acids is 2. The van der Waals surface area contributed by atoms with Crippen molar-refractivity contribution in [3.8, 4) is 0 Å². The van der Waals surface area contributed by atoms with Gasteiger partial charge in [-0.15, -0.1) is 0 Å². The predicted octanol–water partition coefficient (Wildman–Crippen LogP) is -4.87. The minimum absolute atomic E-state index is 0. The zero-order valence-electron chi connectivity index (χ0n) is 13.4. The average molecular weight is 265 g/mol. The van der Waals surface area contributed by atoms with Crippen LogP contribution in [0.15, 0.2) is 0 Å². The van der Waals surface area contributed by atoms with Gasteiger partial charge in [-0.25, -0.2) is 0 Å². The summed E-state index contributed by atoms with van der Waals surface area (Å²) in [6.45, 7) is 7.38. The number of hydrogen-bond acceptors (Lipinski definition) is 3. The Morgan fingerprint density at radius 1 is 1.12 bits per heavy atom. The van der Waals surface area contributed by atoms with Gasteiger partial charge < -0.3 is 18.0 Å². The molecule has 17 heavy (non-hydrogen) atoms. The summed E-state index contributed by atoms with van der Waals surface area (Å²) in [5.74, 6) is -3.83. The van der Waals surface area contributed by atoms with Crippen LogP contribution in [0.25, 0.3) is 0 Å². The Hall–Kier alpha value is 0.900. The van der Waals surface area contributed by atoms with E-state index in [2.05, 4.69) is 0 Å². The smallest absolute Gasteiger partial charge is 1.00 e. The molecule has 92 valence electrons. The fourth-order valence-electron chi connectivity index (χ4n) is 1.64. The van der Waals surface area contributed by atoms with Gasteiger partial charge in [0.1, 0.15) is 0 Å². The number of aliphatic carboxylic acids is 2. The first-order valence-corrected chi connectivity index (χ1v) is 5.13. The molecule has 1 unspecified atom stereocenters. The third-order valence-corrected chi connectivity index (χ3v) is 2.61. The fraction of sp³-hybridized carbons (Fsp3) is 0.800. The zero-order valence-corrected chi connectivity index (χ0v) is 15.4. The summed E-state index contributed by atoms with van der Waals surface area (Å²) in [5, 5.41) is 17.4. The largest absolute Gasteiger partial charge is 1.00 e. The molecule has 0 aliphatic carbocycles. The molecule has 0 fully saturated rings. The molecule has 2 N–H and O–H groups in total. The van der Waals surface area contributed by atoms with Crippen LogP contribution in [0.2, 0.25) is 0 Å². The fourth-order valence-corrected chi connectivity index (χ4v) is 1.64. The first-order valence-electron chi connectivity index (χ1n) is 5.13. The van der Waals surface area contributed by atoms with Crippen molar-refractivity contribution in [2.75, 3.05) is 13.1 Å². The molecule has 0 spiro atoms. The Balaban J connectivity index is -0.000000163. The van der Waals surface area contributed by atoms with Crippen LogP contribution >= 0.6 is 0 Å². The van der Waals surface area contributed by atoms with Gasteiger partial charge in [0.25, 0.3) is 0 Å². The van der Waals surface area contributed by atoms with E-state index in [-0.39, 0.29) is 74.4 Å². The van der Waals surface area contributed by atoms with E-state index in [1.54, 1.807) is 0 Å². The molecule has 0 bridgehead atoms. The van der Waals surface area contributed by atoms with Crippen LogP contribution in [-0.4, -0.2) is 46.2 Å². The number of rotatable bonds is 7. The third kappa shape index (κ3) is 8.59. The van der Waals surface area contributed by atoms with Crippen LogP contribution in [0.4, 0.5) is 0 Å². The summed E-state index contributed by atoms with van der Waals surface area (Å²) in [6.07, 6.45) is 0.145. The second-order valence-corrected chi connectivity index (χ2v) is 3.53. The Morgan fingerprint density at radius 2 is 1.47 bits per heavy atom. The molecule has 0 saturated heterocycles. The maximum Gasteiger partial charge on any atom is 1.00 e. The van der Waals surface area contributed by atoms with E-state index in [0.717, 1.165) is 13.1 Å². The molecule has 7 heteroatoms. The van der Waals surface area contributed by atoms with E-state index in [0.29, 0.717) is 0 Å². The summed E-state index contributed by atoms with van der Waals surface area (Å²) >= 11 is 0. The number of nitrogens with zero attached hydrogens (tertiary/aromatic N) is 1. The number of carboxylic acid groups (broad SMARTS) is 2. The van der Waals surface area contributed by atoms with Gasteiger partial charge in [-0.3, -0.25) is 9.59 Å². The van der Waals surface area contributed by atoms with Crippen molar-refractivity contribution >= 4 is 11.9 Å². The summed E-state index contributed by atoms with van der Waals surface area (Å²) in [4.78, 5) is 23.4. The van der Waals surface area contributed by atoms with Crippen molar-refractivity contribution < 1.29 is 81.8 Å². The number of carbonyl (C=O) groups is 2. The quantitative estimate of drug-likeness (QED) is 0.356. The summed E-state index contributed by atoms with van der Waals surface area (Å²) in [5.41, 5.74) is 0. The van der Waals surface area contributed by atoms with Crippen molar-refractivity contribution in [3.05, 3.63) is 0 Å². The SMILES string of the molecule is CCN(CC)C(C)CC(C(=O)O)C(=O)O.[H-].[H-].[Na+].[Na+]. The van der Waals surface area contributed by atoms with Gasteiger partial charge in [-0.1, -0.05) is 13.8 Å². The minimum atomic E-state index is -1.31. The molecule has 0 aromatic heterocycles. The van der Waals surface area contributed by atoms with Gasteiger partial charge in [-0.2, -0.15) is 0 Å². The second kappa shape index (κ2) is 12.0. The van der Waals surface area contributed by atoms with Crippen LogP contribution < -0.4 is 59.1 Å². The Morgan fingerprint density at radius 3 is 1.71 bits per heavy atom. The van der Waals surface area contributed by atoms with Crippen molar-refractivity contribution in [1.82, 2.24) is 4.90 Å². The van der Waals surface area contributed by atoms with E-state index in [1.807, 2.05) is 25.7 Å². The summed E-state index contributed by atoms with van der Waals surface area (Å²) in [6, 6.07) is -0.0304. The number of hydrogen-bond donors (Lipinski definition) is 2. The normalized spacial score (nSPS) is 11.6. The molecule has 1 atom stereocenters. The molecular weight excluding hydrogens is 244 g/mol. The van der Waals surface area contributed by atoms with Crippen molar-refractivity contribution in [1.29, 1.82) is 0 Å². The van der Waals surface area contributed by atoms with Gasteiger partial charge in [0.2, 0.25) is 0 Å². The van der Waals surface area contributed by atoms with Crippen LogP contribution in [0.5, 0.6) is 0 Å². The molecule has 0 rings (SSSR count). The van der Waals surface area contributed by atoms with Crippen LogP contribution in [0, 0.1) is 5.92 Å². The molecular formula is C10H21NNa2O4. The Labute approximate surface area is 149 Å². The topological polar surface area (TPSA) is 77.8 Å². The summed E-state index contributed by atoms with van der Waals surface area (Å²) < 4.78 is 0. The third-order valence-electron chi connectivity index (χ3n) is 2.61. The van der Waals surface area contributed by atoms with Crippen LogP contribution in [0.1, 0.15) is 30.0 Å². The zero-order chi connectivity index (χ0) is 12.0. The van der Waals surface area contributed by atoms with Gasteiger partial charge in [0.05, 0.1) is 0 Å². The molecule has 0 aromatic carbocycles. The monoisotopic (exact) mass is 265 g/mol. The van der Waals surface area contributed by atoms with Gasteiger partial charge in [0.15, 0.2) is 5.92 Å². The molecule has 0 aromatic rings. The molecule has 0 saturated carbocycles. The first kappa shape index (κ1) is 23.0. The van der Waals surface area contributed by atoms with Gasteiger partial charge >= 0.3 is 71.1 Å². The van der Waals surface area contributed by atoms with Crippen molar-refractivity contribution in [3.63, 3.8) is 0 Å². The summed E-state index contributed by atoms with van der Waals surface area (Å²) in [7, 11) is 0. The second-order valence-electron chi connectivity index (χ2n) is 3.53.